The minimum atomic E-state index is -0.742. The van der Waals surface area contributed by atoms with E-state index >= 15 is 0 Å². The molecule has 0 heterocycles. The number of aliphatic carboxylic acids is 1. The van der Waals surface area contributed by atoms with Gasteiger partial charge in [-0.25, -0.2) is 0 Å². The highest BCUT2D eigenvalue weighted by molar-refractivity contribution is 7.98. The summed E-state index contributed by atoms with van der Waals surface area (Å²) < 4.78 is 0. The smallest absolute Gasteiger partial charge is 0.303 e. The topological polar surface area (TPSA) is 37.3 Å². The molecule has 0 aromatic heterocycles. The van der Waals surface area contributed by atoms with Crippen LogP contribution >= 0.6 is 11.8 Å². The largest absolute Gasteiger partial charge is 0.481 e. The SMILES string of the molecule is CSc1ccccc1C(C)CC(=O)O. The summed E-state index contributed by atoms with van der Waals surface area (Å²) in [6.45, 7) is 1.95. The number of carboxylic acid groups (broad SMARTS) is 1. The van der Waals surface area contributed by atoms with E-state index in [4.69, 9.17) is 5.11 Å². The van der Waals surface area contributed by atoms with E-state index in [0.717, 1.165) is 5.56 Å². The summed E-state index contributed by atoms with van der Waals surface area (Å²) >= 11 is 1.66. The summed E-state index contributed by atoms with van der Waals surface area (Å²) in [5.41, 5.74) is 1.13. The zero-order chi connectivity index (χ0) is 10.6. The molecule has 0 saturated heterocycles. The Morgan fingerprint density at radius 3 is 2.71 bits per heavy atom. The van der Waals surface area contributed by atoms with Gasteiger partial charge in [0.15, 0.2) is 0 Å². The highest BCUT2D eigenvalue weighted by Gasteiger charge is 2.12. The van der Waals surface area contributed by atoms with Crippen molar-refractivity contribution in [1.29, 1.82) is 0 Å². The lowest BCUT2D eigenvalue weighted by Gasteiger charge is -2.12. The van der Waals surface area contributed by atoms with Gasteiger partial charge in [0.2, 0.25) is 0 Å². The Morgan fingerprint density at radius 2 is 2.14 bits per heavy atom. The Balaban J connectivity index is 2.87. The Labute approximate surface area is 88.3 Å². The van der Waals surface area contributed by atoms with Crippen LogP contribution in [0.3, 0.4) is 0 Å². The predicted molar refractivity (Wildman–Crippen MR) is 58.9 cm³/mol. The van der Waals surface area contributed by atoms with E-state index < -0.39 is 5.97 Å². The standard InChI is InChI=1S/C11H14O2S/c1-8(7-11(12)13)9-5-3-4-6-10(9)14-2/h3-6,8H,7H2,1-2H3,(H,12,13). The van der Waals surface area contributed by atoms with Gasteiger partial charge in [0, 0.05) is 4.90 Å². The van der Waals surface area contributed by atoms with Crippen molar-refractivity contribution in [2.45, 2.75) is 24.2 Å². The molecule has 0 bridgehead atoms. The maximum atomic E-state index is 10.6. The van der Waals surface area contributed by atoms with Crippen LogP contribution in [-0.4, -0.2) is 17.3 Å². The quantitative estimate of drug-likeness (QED) is 0.776. The molecule has 1 unspecified atom stereocenters. The van der Waals surface area contributed by atoms with Crippen molar-refractivity contribution in [3.05, 3.63) is 29.8 Å². The van der Waals surface area contributed by atoms with E-state index in [-0.39, 0.29) is 12.3 Å². The second-order valence-corrected chi connectivity index (χ2v) is 4.09. The third-order valence-electron chi connectivity index (χ3n) is 2.15. The number of benzene rings is 1. The monoisotopic (exact) mass is 210 g/mol. The lowest BCUT2D eigenvalue weighted by Crippen LogP contribution is -2.03. The van der Waals surface area contributed by atoms with Crippen molar-refractivity contribution < 1.29 is 9.90 Å². The Morgan fingerprint density at radius 1 is 1.50 bits per heavy atom. The van der Waals surface area contributed by atoms with Gasteiger partial charge in [-0.05, 0) is 23.8 Å². The fraction of sp³-hybridized carbons (Fsp3) is 0.364. The number of rotatable bonds is 4. The molecular formula is C11H14O2S. The summed E-state index contributed by atoms with van der Waals surface area (Å²) in [5.74, 6) is -0.662. The molecule has 0 radical (unpaired) electrons. The van der Waals surface area contributed by atoms with Crippen LogP contribution in [0.1, 0.15) is 24.8 Å². The van der Waals surface area contributed by atoms with Gasteiger partial charge < -0.3 is 5.11 Å². The fourth-order valence-corrected chi connectivity index (χ4v) is 2.17. The summed E-state index contributed by atoms with van der Waals surface area (Å²) in [4.78, 5) is 11.7. The van der Waals surface area contributed by atoms with E-state index in [1.807, 2.05) is 37.4 Å². The summed E-state index contributed by atoms with van der Waals surface area (Å²) in [6.07, 6.45) is 2.20. The minimum Gasteiger partial charge on any atom is -0.481 e. The summed E-state index contributed by atoms with van der Waals surface area (Å²) in [6, 6.07) is 7.95. The first-order valence-electron chi connectivity index (χ1n) is 4.50. The molecule has 0 aliphatic rings. The van der Waals surface area contributed by atoms with Crippen molar-refractivity contribution in [3.8, 4) is 0 Å². The van der Waals surface area contributed by atoms with Crippen LogP contribution in [0.25, 0.3) is 0 Å². The zero-order valence-corrected chi connectivity index (χ0v) is 9.17. The van der Waals surface area contributed by atoms with E-state index in [2.05, 4.69) is 0 Å². The van der Waals surface area contributed by atoms with E-state index in [0.29, 0.717) is 0 Å². The van der Waals surface area contributed by atoms with Crippen molar-refractivity contribution in [3.63, 3.8) is 0 Å². The van der Waals surface area contributed by atoms with Crippen molar-refractivity contribution in [1.82, 2.24) is 0 Å². The number of thioether (sulfide) groups is 1. The van der Waals surface area contributed by atoms with E-state index in [1.54, 1.807) is 11.8 Å². The van der Waals surface area contributed by atoms with Gasteiger partial charge in [-0.2, -0.15) is 0 Å². The minimum absolute atomic E-state index is 0.0798. The van der Waals surface area contributed by atoms with Crippen LogP contribution in [0, 0.1) is 0 Å². The average molecular weight is 210 g/mol. The number of carboxylic acids is 1. The molecule has 76 valence electrons. The molecule has 2 nitrogen and oxygen atoms in total. The fourth-order valence-electron chi connectivity index (χ4n) is 1.45. The van der Waals surface area contributed by atoms with Crippen LogP contribution in [-0.2, 0) is 4.79 Å². The molecule has 0 aliphatic heterocycles. The normalized spacial score (nSPS) is 12.4. The Bertz CT molecular complexity index is 323. The third kappa shape index (κ3) is 2.77. The molecule has 0 fully saturated rings. The summed E-state index contributed by atoms with van der Waals surface area (Å²) in [7, 11) is 0. The lowest BCUT2D eigenvalue weighted by molar-refractivity contribution is -0.137. The van der Waals surface area contributed by atoms with Gasteiger partial charge in [-0.3, -0.25) is 4.79 Å². The van der Waals surface area contributed by atoms with Crippen molar-refractivity contribution >= 4 is 17.7 Å². The molecule has 1 aromatic carbocycles. The van der Waals surface area contributed by atoms with Gasteiger partial charge in [0.05, 0.1) is 6.42 Å². The molecule has 1 rings (SSSR count). The van der Waals surface area contributed by atoms with Gasteiger partial charge in [-0.1, -0.05) is 25.1 Å². The molecule has 0 amide bonds. The molecule has 1 N–H and O–H groups in total. The van der Waals surface area contributed by atoms with Gasteiger partial charge in [0.25, 0.3) is 0 Å². The number of hydrogen-bond donors (Lipinski definition) is 1. The van der Waals surface area contributed by atoms with E-state index in [9.17, 15) is 4.79 Å². The third-order valence-corrected chi connectivity index (χ3v) is 2.96. The lowest BCUT2D eigenvalue weighted by atomic mass is 9.98. The molecule has 0 saturated carbocycles. The van der Waals surface area contributed by atoms with Crippen molar-refractivity contribution in [2.24, 2.45) is 0 Å². The van der Waals surface area contributed by atoms with Gasteiger partial charge in [0.1, 0.15) is 0 Å². The first kappa shape index (κ1) is 11.1. The Kier molecular flexibility index (Phi) is 4.01. The highest BCUT2D eigenvalue weighted by Crippen LogP contribution is 2.28. The molecule has 14 heavy (non-hydrogen) atoms. The predicted octanol–water partition coefficient (Wildman–Crippen LogP) is 2.99. The molecule has 1 aromatic rings. The molecular weight excluding hydrogens is 196 g/mol. The zero-order valence-electron chi connectivity index (χ0n) is 8.36. The molecule has 3 heteroatoms. The Hall–Kier alpha value is -0.960. The number of hydrogen-bond acceptors (Lipinski definition) is 2. The van der Waals surface area contributed by atoms with Crippen LogP contribution in [0.4, 0.5) is 0 Å². The molecule has 0 aliphatic carbocycles. The van der Waals surface area contributed by atoms with Crippen LogP contribution in [0.5, 0.6) is 0 Å². The highest BCUT2D eigenvalue weighted by atomic mass is 32.2. The van der Waals surface area contributed by atoms with Crippen LogP contribution < -0.4 is 0 Å². The van der Waals surface area contributed by atoms with Crippen LogP contribution in [0.2, 0.25) is 0 Å². The van der Waals surface area contributed by atoms with Crippen molar-refractivity contribution in [2.75, 3.05) is 6.26 Å². The summed E-state index contributed by atoms with van der Waals surface area (Å²) in [5, 5.41) is 8.70. The number of carbonyl (C=O) groups is 1. The average Bonchev–Trinajstić information content (AvgIpc) is 2.16. The van der Waals surface area contributed by atoms with Gasteiger partial charge in [-0.15, -0.1) is 11.8 Å². The maximum absolute atomic E-state index is 10.6. The van der Waals surface area contributed by atoms with E-state index in [1.165, 1.54) is 4.90 Å². The van der Waals surface area contributed by atoms with Crippen LogP contribution in [0.15, 0.2) is 29.2 Å². The first-order valence-corrected chi connectivity index (χ1v) is 5.72. The second kappa shape index (κ2) is 5.05. The second-order valence-electron chi connectivity index (χ2n) is 3.24. The molecule has 1 atom stereocenters. The maximum Gasteiger partial charge on any atom is 0.303 e. The first-order chi connectivity index (χ1) is 6.65. The van der Waals surface area contributed by atoms with Gasteiger partial charge >= 0.3 is 5.97 Å². The molecule has 0 spiro atoms.